The van der Waals surface area contributed by atoms with Gasteiger partial charge in [0.05, 0.1) is 16.4 Å². The van der Waals surface area contributed by atoms with Crippen molar-refractivity contribution in [2.75, 3.05) is 36.4 Å². The lowest BCUT2D eigenvalue weighted by Crippen LogP contribution is -2.48. The molecule has 1 aliphatic rings. The number of para-hydroxylation sites is 1. The Morgan fingerprint density at radius 2 is 1.88 bits per heavy atom. The first kappa shape index (κ1) is 18.6. The van der Waals surface area contributed by atoms with E-state index in [0.29, 0.717) is 44.0 Å². The van der Waals surface area contributed by atoms with Gasteiger partial charge >= 0.3 is 0 Å². The standard InChI is InChI=1S/C18H26ClN3O2/c1-3-5-9-16(23)20-15-8-6-7-14(19)18(15)22-12-10-21(11-13-22)17(24)4-2/h6-8H,3-5,9-13H2,1-2H3,(H,20,23). The van der Waals surface area contributed by atoms with Crippen LogP contribution < -0.4 is 10.2 Å². The van der Waals surface area contributed by atoms with Crippen molar-refractivity contribution in [2.24, 2.45) is 0 Å². The molecule has 0 bridgehead atoms. The van der Waals surface area contributed by atoms with Gasteiger partial charge in [0, 0.05) is 39.0 Å². The number of nitrogens with one attached hydrogen (secondary N) is 1. The SMILES string of the molecule is CCCCC(=O)Nc1cccc(Cl)c1N1CCN(C(=O)CC)CC1. The normalized spacial score (nSPS) is 14.6. The van der Waals surface area contributed by atoms with E-state index < -0.39 is 0 Å². The summed E-state index contributed by atoms with van der Waals surface area (Å²) in [7, 11) is 0. The molecule has 0 radical (unpaired) electrons. The van der Waals surface area contributed by atoms with Crippen molar-refractivity contribution >= 4 is 34.8 Å². The predicted molar refractivity (Wildman–Crippen MR) is 98.7 cm³/mol. The van der Waals surface area contributed by atoms with Gasteiger partial charge in [-0.1, -0.05) is 37.9 Å². The molecule has 5 nitrogen and oxygen atoms in total. The van der Waals surface area contributed by atoms with E-state index in [4.69, 9.17) is 11.6 Å². The highest BCUT2D eigenvalue weighted by Crippen LogP contribution is 2.34. The maximum atomic E-state index is 12.1. The number of amides is 2. The van der Waals surface area contributed by atoms with Crippen molar-refractivity contribution in [1.82, 2.24) is 4.90 Å². The van der Waals surface area contributed by atoms with Crippen LogP contribution in [0.15, 0.2) is 18.2 Å². The Labute approximate surface area is 149 Å². The molecule has 1 N–H and O–H groups in total. The molecule has 2 rings (SSSR count). The second-order valence-electron chi connectivity index (χ2n) is 6.01. The van der Waals surface area contributed by atoms with Crippen molar-refractivity contribution < 1.29 is 9.59 Å². The molecule has 0 atom stereocenters. The summed E-state index contributed by atoms with van der Waals surface area (Å²) in [6, 6.07) is 5.56. The second-order valence-corrected chi connectivity index (χ2v) is 6.42. The van der Waals surface area contributed by atoms with Crippen molar-refractivity contribution in [3.8, 4) is 0 Å². The summed E-state index contributed by atoms with van der Waals surface area (Å²) in [5, 5.41) is 3.61. The number of rotatable bonds is 6. The molecule has 1 fully saturated rings. The predicted octanol–water partition coefficient (Wildman–Crippen LogP) is 3.53. The van der Waals surface area contributed by atoms with Crippen LogP contribution in [-0.2, 0) is 9.59 Å². The lowest BCUT2D eigenvalue weighted by molar-refractivity contribution is -0.131. The van der Waals surface area contributed by atoms with Crippen LogP contribution in [0, 0.1) is 0 Å². The number of piperazine rings is 1. The molecule has 1 aromatic rings. The zero-order valence-corrected chi connectivity index (χ0v) is 15.2. The molecule has 1 aromatic carbocycles. The number of anilines is 2. The number of nitrogens with zero attached hydrogens (tertiary/aromatic N) is 2. The fraction of sp³-hybridized carbons (Fsp3) is 0.556. The molecule has 24 heavy (non-hydrogen) atoms. The summed E-state index contributed by atoms with van der Waals surface area (Å²) in [5.41, 5.74) is 1.60. The van der Waals surface area contributed by atoms with Gasteiger partial charge in [0.1, 0.15) is 0 Å². The van der Waals surface area contributed by atoms with Gasteiger partial charge in [0.15, 0.2) is 0 Å². The minimum absolute atomic E-state index is 0.0140. The van der Waals surface area contributed by atoms with Crippen molar-refractivity contribution in [1.29, 1.82) is 0 Å². The summed E-state index contributed by atoms with van der Waals surface area (Å²) in [5.74, 6) is 0.196. The zero-order chi connectivity index (χ0) is 17.5. The highest BCUT2D eigenvalue weighted by molar-refractivity contribution is 6.34. The van der Waals surface area contributed by atoms with Crippen LogP contribution in [0.2, 0.25) is 5.02 Å². The van der Waals surface area contributed by atoms with Crippen LogP contribution in [0.25, 0.3) is 0 Å². The fourth-order valence-electron chi connectivity index (χ4n) is 2.89. The molecule has 132 valence electrons. The second kappa shape index (κ2) is 8.92. The van der Waals surface area contributed by atoms with E-state index in [1.165, 1.54) is 0 Å². The lowest BCUT2D eigenvalue weighted by Gasteiger charge is -2.37. The molecule has 0 saturated carbocycles. The van der Waals surface area contributed by atoms with Crippen LogP contribution in [0.5, 0.6) is 0 Å². The van der Waals surface area contributed by atoms with E-state index in [2.05, 4.69) is 17.1 Å². The van der Waals surface area contributed by atoms with Crippen LogP contribution >= 0.6 is 11.6 Å². The van der Waals surface area contributed by atoms with Crippen LogP contribution in [-0.4, -0.2) is 42.9 Å². The number of carbonyl (C=O) groups excluding carboxylic acids is 2. The Morgan fingerprint density at radius 1 is 1.17 bits per heavy atom. The minimum atomic E-state index is 0.0140. The molecule has 1 saturated heterocycles. The van der Waals surface area contributed by atoms with Crippen molar-refractivity contribution in [3.05, 3.63) is 23.2 Å². The van der Waals surface area contributed by atoms with Crippen LogP contribution in [0.3, 0.4) is 0 Å². The molecule has 0 unspecified atom stereocenters. The van der Waals surface area contributed by atoms with Gasteiger partial charge in [0.2, 0.25) is 11.8 Å². The first-order chi connectivity index (χ1) is 11.6. The van der Waals surface area contributed by atoms with Gasteiger partial charge in [-0.15, -0.1) is 0 Å². The average Bonchev–Trinajstić information content (AvgIpc) is 2.59. The summed E-state index contributed by atoms with van der Waals surface area (Å²) < 4.78 is 0. The maximum absolute atomic E-state index is 12.1. The highest BCUT2D eigenvalue weighted by atomic mass is 35.5. The number of hydrogen-bond acceptors (Lipinski definition) is 3. The molecule has 1 aliphatic heterocycles. The third-order valence-electron chi connectivity index (χ3n) is 4.27. The average molecular weight is 352 g/mol. The Morgan fingerprint density at radius 3 is 2.50 bits per heavy atom. The van der Waals surface area contributed by atoms with Crippen molar-refractivity contribution in [2.45, 2.75) is 39.5 Å². The number of hydrogen-bond donors (Lipinski definition) is 1. The molecule has 0 spiro atoms. The maximum Gasteiger partial charge on any atom is 0.224 e. The molecule has 6 heteroatoms. The summed E-state index contributed by atoms with van der Waals surface area (Å²) >= 11 is 6.40. The smallest absolute Gasteiger partial charge is 0.224 e. The molecular weight excluding hydrogens is 326 g/mol. The Hall–Kier alpha value is -1.75. The van der Waals surface area contributed by atoms with E-state index in [9.17, 15) is 9.59 Å². The number of unbranched alkanes of at least 4 members (excludes halogenated alkanes) is 1. The molecule has 0 aromatic heterocycles. The molecule has 1 heterocycles. The summed E-state index contributed by atoms with van der Waals surface area (Å²) in [6.07, 6.45) is 2.91. The summed E-state index contributed by atoms with van der Waals surface area (Å²) in [6.45, 7) is 6.74. The van der Waals surface area contributed by atoms with Gasteiger partial charge < -0.3 is 15.1 Å². The Kier molecular flexibility index (Phi) is 6.91. The number of carbonyl (C=O) groups is 2. The molecular formula is C18H26ClN3O2. The van der Waals surface area contributed by atoms with Crippen LogP contribution in [0.4, 0.5) is 11.4 Å². The number of benzene rings is 1. The van der Waals surface area contributed by atoms with E-state index in [1.807, 2.05) is 30.0 Å². The van der Waals surface area contributed by atoms with E-state index in [1.54, 1.807) is 0 Å². The lowest BCUT2D eigenvalue weighted by atomic mass is 10.2. The Bertz CT molecular complexity index is 584. The monoisotopic (exact) mass is 351 g/mol. The number of halogens is 1. The molecule has 2 amide bonds. The van der Waals surface area contributed by atoms with Gasteiger partial charge in [0.25, 0.3) is 0 Å². The largest absolute Gasteiger partial charge is 0.365 e. The van der Waals surface area contributed by atoms with E-state index in [0.717, 1.165) is 24.2 Å². The highest BCUT2D eigenvalue weighted by Gasteiger charge is 2.23. The van der Waals surface area contributed by atoms with Crippen molar-refractivity contribution in [3.63, 3.8) is 0 Å². The zero-order valence-electron chi connectivity index (χ0n) is 14.5. The first-order valence-corrected chi connectivity index (χ1v) is 9.05. The topological polar surface area (TPSA) is 52.7 Å². The first-order valence-electron chi connectivity index (χ1n) is 8.67. The minimum Gasteiger partial charge on any atom is -0.365 e. The van der Waals surface area contributed by atoms with Gasteiger partial charge in [-0.3, -0.25) is 9.59 Å². The van der Waals surface area contributed by atoms with Gasteiger partial charge in [-0.05, 0) is 18.6 Å². The molecule has 0 aliphatic carbocycles. The third-order valence-corrected chi connectivity index (χ3v) is 4.57. The third kappa shape index (κ3) is 4.63. The quantitative estimate of drug-likeness (QED) is 0.853. The van der Waals surface area contributed by atoms with Gasteiger partial charge in [-0.2, -0.15) is 0 Å². The summed E-state index contributed by atoms with van der Waals surface area (Å²) in [4.78, 5) is 27.9. The van der Waals surface area contributed by atoms with Gasteiger partial charge in [-0.25, -0.2) is 0 Å². The van der Waals surface area contributed by atoms with E-state index >= 15 is 0 Å². The van der Waals surface area contributed by atoms with E-state index in [-0.39, 0.29) is 11.8 Å². The van der Waals surface area contributed by atoms with Crippen LogP contribution in [0.1, 0.15) is 39.5 Å². The fourth-order valence-corrected chi connectivity index (χ4v) is 3.18. The Balaban J connectivity index is 2.10.